The second-order valence-electron chi connectivity index (χ2n) is 8.04. The highest BCUT2D eigenvalue weighted by molar-refractivity contribution is 6.57. The van der Waals surface area contributed by atoms with Gasteiger partial charge in [-0.2, -0.15) is 10.2 Å². The molecule has 1 unspecified atom stereocenters. The molecule has 1 heterocycles. The fraction of sp³-hybridized carbons (Fsp3) is 0.167. The summed E-state index contributed by atoms with van der Waals surface area (Å²) in [4.78, 5) is 18.1. The summed E-state index contributed by atoms with van der Waals surface area (Å²) in [7, 11) is 0. The van der Waals surface area contributed by atoms with E-state index in [4.69, 9.17) is 69.6 Å². The molecule has 1 aliphatic rings. The molecule has 4 rings (SSSR count). The Hall–Kier alpha value is -2.06. The van der Waals surface area contributed by atoms with Gasteiger partial charge in [0, 0.05) is 0 Å². The number of carbonyl (C=O) groups is 1. The molecule has 0 aliphatic carbocycles. The number of rotatable bonds is 4. The Kier molecular flexibility index (Phi) is 8.05. The van der Waals surface area contributed by atoms with Crippen LogP contribution in [0.25, 0.3) is 0 Å². The summed E-state index contributed by atoms with van der Waals surface area (Å²) in [6, 6.07) is 9.76. The Bertz CT molecular complexity index is 1430. The summed E-state index contributed by atoms with van der Waals surface area (Å²) in [5.41, 5.74) is 6.99. The Morgan fingerprint density at radius 2 is 1.44 bits per heavy atom. The first-order chi connectivity index (χ1) is 17.0. The van der Waals surface area contributed by atoms with Crippen LogP contribution in [0.1, 0.15) is 16.7 Å². The topological polar surface area (TPSA) is 69.4 Å². The van der Waals surface area contributed by atoms with Crippen LogP contribution in [0.2, 0.25) is 30.1 Å². The molecule has 1 aliphatic heterocycles. The largest absolute Gasteiger partial charge is 0.280 e. The lowest BCUT2D eigenvalue weighted by Crippen LogP contribution is -2.36. The van der Waals surface area contributed by atoms with Crippen molar-refractivity contribution in [2.24, 2.45) is 15.2 Å². The zero-order chi connectivity index (χ0) is 26.3. The van der Waals surface area contributed by atoms with Gasteiger partial charge in [-0.15, -0.1) is 0 Å². The molecule has 3 aromatic rings. The lowest BCUT2D eigenvalue weighted by atomic mass is 10.1. The number of nitrogens with one attached hydrogen (secondary N) is 1. The summed E-state index contributed by atoms with van der Waals surface area (Å²) in [5.74, 6) is -0.419. The average molecular weight is 604 g/mol. The summed E-state index contributed by atoms with van der Waals surface area (Å²) >= 11 is 37.8. The minimum absolute atomic E-state index is 0.00894. The van der Waals surface area contributed by atoms with E-state index < -0.39 is 11.9 Å². The van der Waals surface area contributed by atoms with Gasteiger partial charge in [-0.1, -0.05) is 81.7 Å². The molecule has 36 heavy (non-hydrogen) atoms. The first-order valence-corrected chi connectivity index (χ1v) is 12.7. The number of amides is 1. The van der Waals surface area contributed by atoms with E-state index in [1.165, 1.54) is 0 Å². The lowest BCUT2D eigenvalue weighted by molar-refractivity contribution is -0.117. The molecule has 1 N–H and O–H groups in total. The second-order valence-corrected chi connectivity index (χ2v) is 10.3. The summed E-state index contributed by atoms with van der Waals surface area (Å²) < 4.78 is 0. The second kappa shape index (κ2) is 10.7. The Morgan fingerprint density at radius 1 is 0.806 bits per heavy atom. The van der Waals surface area contributed by atoms with Crippen LogP contribution in [-0.4, -0.2) is 17.8 Å². The van der Waals surface area contributed by atoms with Crippen LogP contribution in [0, 0.1) is 20.8 Å². The van der Waals surface area contributed by atoms with Gasteiger partial charge in [0.2, 0.25) is 6.04 Å². The van der Waals surface area contributed by atoms with Crippen LogP contribution < -0.4 is 10.4 Å². The van der Waals surface area contributed by atoms with Crippen molar-refractivity contribution in [2.75, 3.05) is 5.01 Å². The first-order valence-electron chi connectivity index (χ1n) is 10.4. The molecule has 0 spiro atoms. The van der Waals surface area contributed by atoms with E-state index in [1.54, 1.807) is 18.2 Å². The molecule has 0 aromatic heterocycles. The number of carbonyl (C=O) groups excluding carboxylic acids is 1. The van der Waals surface area contributed by atoms with Crippen LogP contribution in [0.4, 0.5) is 17.1 Å². The molecule has 0 radical (unpaired) electrons. The maximum absolute atomic E-state index is 13.6. The number of hydrogen-bond acceptors (Lipinski definition) is 4. The molecule has 186 valence electrons. The quantitative estimate of drug-likeness (QED) is 0.183. The number of aliphatic imine (C=N–C) groups is 1. The van der Waals surface area contributed by atoms with Gasteiger partial charge < -0.3 is 0 Å². The van der Waals surface area contributed by atoms with Gasteiger partial charge >= 0.3 is 0 Å². The molecular formula is C24H17Cl6N5O. The zero-order valence-corrected chi connectivity index (χ0v) is 23.5. The van der Waals surface area contributed by atoms with Crippen molar-refractivity contribution in [3.63, 3.8) is 0 Å². The van der Waals surface area contributed by atoms with Gasteiger partial charge in [0.1, 0.15) is 5.69 Å². The number of nitrogens with zero attached hydrogens (tertiary/aromatic N) is 4. The highest BCUT2D eigenvalue weighted by atomic mass is 35.5. The molecule has 0 bridgehead atoms. The van der Waals surface area contributed by atoms with Crippen LogP contribution in [0.5, 0.6) is 0 Å². The minimum Gasteiger partial charge on any atom is -0.276 e. The summed E-state index contributed by atoms with van der Waals surface area (Å²) in [6.45, 7) is 5.85. The van der Waals surface area contributed by atoms with Gasteiger partial charge in [-0.05, 0) is 61.7 Å². The third-order valence-corrected chi connectivity index (χ3v) is 8.05. The normalized spacial score (nSPS) is 16.9. The van der Waals surface area contributed by atoms with E-state index in [9.17, 15) is 4.79 Å². The van der Waals surface area contributed by atoms with E-state index in [1.807, 2.05) is 39.0 Å². The third kappa shape index (κ3) is 5.17. The highest BCUT2D eigenvalue weighted by Gasteiger charge is 2.42. The average Bonchev–Trinajstić information content (AvgIpc) is 3.14. The predicted molar refractivity (Wildman–Crippen MR) is 150 cm³/mol. The Morgan fingerprint density at radius 3 is 2.08 bits per heavy atom. The maximum Gasteiger partial charge on any atom is 0.280 e. The maximum atomic E-state index is 13.6. The SMILES string of the molecule is Cc1ccc(Cl)c(N=C2NN(c3c(Cl)c(Cl)c(Cl)c(Cl)c3Cl)C(=O)C2N=Nc2ccc(C)c(C)c2)c1. The molecule has 1 amide bonds. The number of benzene rings is 3. The smallest absolute Gasteiger partial charge is 0.276 e. The molecule has 1 fully saturated rings. The molecule has 1 saturated heterocycles. The van der Waals surface area contributed by atoms with Crippen molar-refractivity contribution in [1.82, 2.24) is 5.43 Å². The van der Waals surface area contributed by atoms with E-state index in [0.29, 0.717) is 16.4 Å². The van der Waals surface area contributed by atoms with Crippen molar-refractivity contribution in [3.05, 3.63) is 83.2 Å². The van der Waals surface area contributed by atoms with Crippen LogP contribution in [-0.2, 0) is 4.79 Å². The first kappa shape index (κ1) is 27.0. The number of azo groups is 1. The predicted octanol–water partition coefficient (Wildman–Crippen LogP) is 9.27. The number of hydrazine groups is 1. The Labute approximate surface area is 237 Å². The summed E-state index contributed by atoms with van der Waals surface area (Å²) in [6.07, 6.45) is 0. The molecule has 12 heteroatoms. The molecule has 3 aromatic carbocycles. The third-order valence-electron chi connectivity index (χ3n) is 5.47. The van der Waals surface area contributed by atoms with E-state index in [2.05, 4.69) is 20.6 Å². The fourth-order valence-corrected chi connectivity index (χ4v) is 4.82. The van der Waals surface area contributed by atoms with Crippen molar-refractivity contribution in [3.8, 4) is 0 Å². The minimum atomic E-state index is -1.16. The number of amidine groups is 1. The molecular weight excluding hydrogens is 587 g/mol. The molecule has 6 nitrogen and oxygen atoms in total. The van der Waals surface area contributed by atoms with E-state index >= 15 is 0 Å². The fourth-order valence-electron chi connectivity index (χ4n) is 3.37. The Balaban J connectivity index is 1.83. The van der Waals surface area contributed by atoms with Gasteiger partial charge in [0.25, 0.3) is 5.91 Å². The van der Waals surface area contributed by atoms with E-state index in [0.717, 1.165) is 21.7 Å². The van der Waals surface area contributed by atoms with Gasteiger partial charge in [0.15, 0.2) is 5.84 Å². The number of aryl methyl sites for hydroxylation is 3. The van der Waals surface area contributed by atoms with Gasteiger partial charge in [0.05, 0.1) is 41.5 Å². The van der Waals surface area contributed by atoms with Gasteiger partial charge in [-0.25, -0.2) is 10.0 Å². The lowest BCUT2D eigenvalue weighted by Gasteiger charge is -2.21. The van der Waals surface area contributed by atoms with E-state index in [-0.39, 0.29) is 36.6 Å². The molecule has 0 saturated carbocycles. The molecule has 1 atom stereocenters. The standard InChI is InChI=1S/C24H17Cl6N5O/c1-10-4-7-14(25)15(8-10)31-23-21(33-32-13-6-5-11(2)12(3)9-13)24(36)35(34-23)22-19(29)17(27)16(26)18(28)20(22)30/h4-9,21H,1-3H3,(H,31,34). The summed E-state index contributed by atoms with van der Waals surface area (Å²) in [5, 5.41) is 9.74. The van der Waals surface area contributed by atoms with Crippen molar-refractivity contribution in [1.29, 1.82) is 0 Å². The van der Waals surface area contributed by atoms with Gasteiger partial charge in [-0.3, -0.25) is 10.2 Å². The zero-order valence-electron chi connectivity index (χ0n) is 19.0. The van der Waals surface area contributed by atoms with Crippen molar-refractivity contribution >= 4 is 98.4 Å². The van der Waals surface area contributed by atoms with Crippen molar-refractivity contribution < 1.29 is 4.79 Å². The van der Waals surface area contributed by atoms with Crippen LogP contribution >= 0.6 is 69.6 Å². The van der Waals surface area contributed by atoms with Crippen molar-refractivity contribution in [2.45, 2.75) is 26.8 Å². The van der Waals surface area contributed by atoms with Crippen LogP contribution in [0.3, 0.4) is 0 Å². The van der Waals surface area contributed by atoms with Crippen LogP contribution in [0.15, 0.2) is 51.6 Å². The highest BCUT2D eigenvalue weighted by Crippen LogP contribution is 2.48. The number of hydrogen-bond donors (Lipinski definition) is 1. The number of anilines is 1. The monoisotopic (exact) mass is 601 g/mol. The number of halogens is 6.